The first-order valence-electron chi connectivity index (χ1n) is 9.36. The van der Waals surface area contributed by atoms with Crippen LogP contribution in [-0.2, 0) is 4.74 Å². The summed E-state index contributed by atoms with van der Waals surface area (Å²) in [6.07, 6.45) is 0. The van der Waals surface area contributed by atoms with Crippen molar-refractivity contribution in [1.29, 1.82) is 0 Å². The number of rotatable bonds is 6. The van der Waals surface area contributed by atoms with E-state index in [0.717, 1.165) is 24.2 Å². The SMILES string of the molecule is Cc1ccc([C@@H](CN2CCOCC2)NC(=O)c2ccc([N+](=O)[O-])c(C)c2)cc1. The number of nitro groups is 1. The minimum atomic E-state index is -0.440. The van der Waals surface area contributed by atoms with E-state index >= 15 is 0 Å². The van der Waals surface area contributed by atoms with Crippen molar-refractivity contribution < 1.29 is 14.5 Å². The zero-order valence-corrected chi connectivity index (χ0v) is 16.2. The predicted molar refractivity (Wildman–Crippen MR) is 106 cm³/mol. The average Bonchev–Trinajstić information content (AvgIpc) is 2.68. The van der Waals surface area contributed by atoms with Crippen LogP contribution in [0.2, 0.25) is 0 Å². The molecular weight excluding hydrogens is 358 g/mol. The first-order valence-corrected chi connectivity index (χ1v) is 9.36. The van der Waals surface area contributed by atoms with Gasteiger partial charge in [-0.05, 0) is 31.5 Å². The van der Waals surface area contributed by atoms with Gasteiger partial charge in [-0.15, -0.1) is 0 Å². The smallest absolute Gasteiger partial charge is 0.272 e. The molecule has 0 bridgehead atoms. The predicted octanol–water partition coefficient (Wildman–Crippen LogP) is 3.01. The highest BCUT2D eigenvalue weighted by molar-refractivity contribution is 5.95. The van der Waals surface area contributed by atoms with Crippen LogP contribution >= 0.6 is 0 Å². The molecule has 1 heterocycles. The van der Waals surface area contributed by atoms with Gasteiger partial charge in [0, 0.05) is 36.8 Å². The monoisotopic (exact) mass is 383 g/mol. The number of carbonyl (C=O) groups excluding carboxylic acids is 1. The molecule has 1 atom stereocenters. The summed E-state index contributed by atoms with van der Waals surface area (Å²) < 4.78 is 5.41. The Morgan fingerprint density at radius 1 is 1.18 bits per heavy atom. The van der Waals surface area contributed by atoms with Gasteiger partial charge in [0.05, 0.1) is 24.2 Å². The Hall–Kier alpha value is -2.77. The molecule has 0 radical (unpaired) electrons. The first kappa shape index (κ1) is 20.0. The van der Waals surface area contributed by atoms with Crippen molar-refractivity contribution in [3.8, 4) is 0 Å². The Bertz CT molecular complexity index is 845. The van der Waals surface area contributed by atoms with Gasteiger partial charge in [0.2, 0.25) is 0 Å². The number of nitrogens with zero attached hydrogens (tertiary/aromatic N) is 2. The molecule has 0 saturated carbocycles. The summed E-state index contributed by atoms with van der Waals surface area (Å²) in [5, 5.41) is 14.1. The van der Waals surface area contributed by atoms with E-state index in [1.54, 1.807) is 13.0 Å². The summed E-state index contributed by atoms with van der Waals surface area (Å²) >= 11 is 0. The summed E-state index contributed by atoms with van der Waals surface area (Å²) in [7, 11) is 0. The molecule has 0 spiro atoms. The Kier molecular flexibility index (Phi) is 6.38. The van der Waals surface area contributed by atoms with E-state index in [2.05, 4.69) is 10.2 Å². The molecule has 3 rings (SSSR count). The van der Waals surface area contributed by atoms with Gasteiger partial charge in [0.15, 0.2) is 0 Å². The second-order valence-electron chi connectivity index (χ2n) is 7.11. The second kappa shape index (κ2) is 8.95. The highest BCUT2D eigenvalue weighted by Crippen LogP contribution is 2.21. The molecule has 1 N–H and O–H groups in total. The van der Waals surface area contributed by atoms with Gasteiger partial charge in [0.25, 0.3) is 11.6 Å². The number of ether oxygens (including phenoxy) is 1. The maximum absolute atomic E-state index is 12.8. The highest BCUT2D eigenvalue weighted by atomic mass is 16.6. The zero-order chi connectivity index (χ0) is 20.1. The highest BCUT2D eigenvalue weighted by Gasteiger charge is 2.22. The molecule has 7 heteroatoms. The largest absolute Gasteiger partial charge is 0.379 e. The van der Waals surface area contributed by atoms with Crippen molar-refractivity contribution in [2.75, 3.05) is 32.8 Å². The molecule has 7 nitrogen and oxygen atoms in total. The third-order valence-electron chi connectivity index (χ3n) is 4.99. The van der Waals surface area contributed by atoms with Gasteiger partial charge in [-0.3, -0.25) is 19.8 Å². The van der Waals surface area contributed by atoms with Gasteiger partial charge in [-0.1, -0.05) is 29.8 Å². The number of carbonyl (C=O) groups is 1. The number of benzene rings is 2. The van der Waals surface area contributed by atoms with Crippen LogP contribution in [0.4, 0.5) is 5.69 Å². The Morgan fingerprint density at radius 2 is 1.86 bits per heavy atom. The van der Waals surface area contributed by atoms with Crippen LogP contribution in [0, 0.1) is 24.0 Å². The fraction of sp³-hybridized carbons (Fsp3) is 0.381. The molecule has 1 amide bonds. The molecule has 1 fully saturated rings. The van der Waals surface area contributed by atoms with Gasteiger partial charge in [-0.2, -0.15) is 0 Å². The fourth-order valence-electron chi connectivity index (χ4n) is 3.32. The molecule has 2 aromatic rings. The van der Waals surface area contributed by atoms with E-state index in [0.29, 0.717) is 30.9 Å². The van der Waals surface area contributed by atoms with E-state index in [4.69, 9.17) is 4.74 Å². The lowest BCUT2D eigenvalue weighted by Gasteiger charge is -2.31. The number of aryl methyl sites for hydroxylation is 2. The van der Waals surface area contributed by atoms with E-state index in [1.807, 2.05) is 31.2 Å². The van der Waals surface area contributed by atoms with Crippen molar-refractivity contribution in [3.63, 3.8) is 0 Å². The molecule has 1 aliphatic heterocycles. The normalized spacial score (nSPS) is 15.8. The Labute approximate surface area is 164 Å². The van der Waals surface area contributed by atoms with Crippen molar-refractivity contribution >= 4 is 11.6 Å². The maximum Gasteiger partial charge on any atom is 0.272 e. The molecule has 0 aliphatic carbocycles. The van der Waals surface area contributed by atoms with Gasteiger partial charge in [-0.25, -0.2) is 0 Å². The van der Waals surface area contributed by atoms with E-state index < -0.39 is 4.92 Å². The standard InChI is InChI=1S/C21H25N3O4/c1-15-3-5-17(6-4-15)19(14-23-9-11-28-12-10-23)22-21(25)18-7-8-20(24(26)27)16(2)13-18/h3-8,13,19H,9-12,14H2,1-2H3,(H,22,25)/t19-/m1/s1. The summed E-state index contributed by atoms with van der Waals surface area (Å²) in [5.74, 6) is -0.239. The topological polar surface area (TPSA) is 84.7 Å². The lowest BCUT2D eigenvalue weighted by atomic mass is 10.0. The minimum Gasteiger partial charge on any atom is -0.379 e. The number of hydrogen-bond acceptors (Lipinski definition) is 5. The number of nitro benzene ring substituents is 1. The molecule has 1 aliphatic rings. The van der Waals surface area contributed by atoms with Crippen molar-refractivity contribution in [2.45, 2.75) is 19.9 Å². The number of hydrogen-bond donors (Lipinski definition) is 1. The summed E-state index contributed by atoms with van der Waals surface area (Å²) in [4.78, 5) is 25.7. The molecule has 0 unspecified atom stereocenters. The lowest BCUT2D eigenvalue weighted by molar-refractivity contribution is -0.385. The summed E-state index contributed by atoms with van der Waals surface area (Å²) in [6, 6.07) is 12.4. The van der Waals surface area contributed by atoms with Crippen LogP contribution in [0.3, 0.4) is 0 Å². The summed E-state index contributed by atoms with van der Waals surface area (Å²) in [5.41, 5.74) is 3.09. The van der Waals surface area contributed by atoms with Gasteiger partial charge in [0.1, 0.15) is 0 Å². The van der Waals surface area contributed by atoms with Crippen LogP contribution in [0.5, 0.6) is 0 Å². The maximum atomic E-state index is 12.8. The Morgan fingerprint density at radius 3 is 2.46 bits per heavy atom. The lowest BCUT2D eigenvalue weighted by Crippen LogP contribution is -2.43. The summed E-state index contributed by atoms with van der Waals surface area (Å²) in [6.45, 7) is 7.39. The quantitative estimate of drug-likeness (QED) is 0.612. The molecule has 148 valence electrons. The van der Waals surface area contributed by atoms with Gasteiger partial charge >= 0.3 is 0 Å². The Balaban J connectivity index is 1.79. The average molecular weight is 383 g/mol. The van der Waals surface area contributed by atoms with Crippen LogP contribution < -0.4 is 5.32 Å². The number of amides is 1. The van der Waals surface area contributed by atoms with Crippen LogP contribution in [0.1, 0.15) is 33.1 Å². The molecule has 2 aromatic carbocycles. The number of morpholine rings is 1. The van der Waals surface area contributed by atoms with Crippen molar-refractivity contribution in [2.24, 2.45) is 0 Å². The molecule has 1 saturated heterocycles. The van der Waals surface area contributed by atoms with E-state index in [1.165, 1.54) is 12.1 Å². The minimum absolute atomic E-state index is 0.0138. The number of nitrogens with one attached hydrogen (secondary N) is 1. The molecule has 0 aromatic heterocycles. The molecule has 28 heavy (non-hydrogen) atoms. The van der Waals surface area contributed by atoms with Crippen molar-refractivity contribution in [3.05, 3.63) is 74.8 Å². The van der Waals surface area contributed by atoms with Crippen molar-refractivity contribution in [1.82, 2.24) is 10.2 Å². The van der Waals surface area contributed by atoms with E-state index in [9.17, 15) is 14.9 Å². The third-order valence-corrected chi connectivity index (χ3v) is 4.99. The second-order valence-corrected chi connectivity index (χ2v) is 7.11. The van der Waals surface area contributed by atoms with E-state index in [-0.39, 0.29) is 17.6 Å². The molecular formula is C21H25N3O4. The van der Waals surface area contributed by atoms with Gasteiger partial charge < -0.3 is 10.1 Å². The van der Waals surface area contributed by atoms with Crippen LogP contribution in [-0.4, -0.2) is 48.6 Å². The van der Waals surface area contributed by atoms with Crippen LogP contribution in [0.25, 0.3) is 0 Å². The zero-order valence-electron chi connectivity index (χ0n) is 16.2. The van der Waals surface area contributed by atoms with Crippen LogP contribution in [0.15, 0.2) is 42.5 Å². The fourth-order valence-corrected chi connectivity index (χ4v) is 3.32. The third kappa shape index (κ3) is 4.94. The first-order chi connectivity index (χ1) is 13.4.